The summed E-state index contributed by atoms with van der Waals surface area (Å²) in [4.78, 5) is 0. The maximum Gasteiger partial charge on any atom is 0.129 e. The van der Waals surface area contributed by atoms with E-state index in [0.717, 1.165) is 22.3 Å². The van der Waals surface area contributed by atoms with E-state index in [1.807, 2.05) is 32.9 Å². The minimum absolute atomic E-state index is 0.0705. The molecular formula is C16H16F2. The number of aryl methyl sites for hydroxylation is 3. The van der Waals surface area contributed by atoms with Crippen molar-refractivity contribution < 1.29 is 8.78 Å². The number of benzene rings is 2. The molecule has 2 aromatic rings. The third kappa shape index (κ3) is 2.15. The lowest BCUT2D eigenvalue weighted by Gasteiger charge is -2.12. The van der Waals surface area contributed by atoms with Crippen LogP contribution in [0.25, 0.3) is 11.1 Å². The molecule has 0 unspecified atom stereocenters. The van der Waals surface area contributed by atoms with Gasteiger partial charge in [-0.2, -0.15) is 0 Å². The van der Waals surface area contributed by atoms with Crippen molar-refractivity contribution in [2.45, 2.75) is 27.7 Å². The number of halogens is 2. The Bertz CT molecular complexity index is 566. The first kappa shape index (κ1) is 12.7. The molecule has 0 heterocycles. The lowest BCUT2D eigenvalue weighted by Crippen LogP contribution is -1.94. The van der Waals surface area contributed by atoms with Crippen LogP contribution in [0.2, 0.25) is 0 Å². The summed E-state index contributed by atoms with van der Waals surface area (Å²) in [5.74, 6) is -0.992. The topological polar surface area (TPSA) is 0 Å². The van der Waals surface area contributed by atoms with E-state index in [-0.39, 0.29) is 5.56 Å². The largest absolute Gasteiger partial charge is 0.207 e. The van der Waals surface area contributed by atoms with E-state index in [9.17, 15) is 8.78 Å². The minimum atomic E-state index is -0.496. The Hall–Kier alpha value is -1.70. The van der Waals surface area contributed by atoms with Gasteiger partial charge >= 0.3 is 0 Å². The average Bonchev–Trinajstić information content (AvgIpc) is 2.24. The summed E-state index contributed by atoms with van der Waals surface area (Å²) in [6, 6.07) is 6.86. The summed E-state index contributed by atoms with van der Waals surface area (Å²) < 4.78 is 27.3. The second kappa shape index (κ2) is 4.52. The van der Waals surface area contributed by atoms with E-state index >= 15 is 0 Å². The van der Waals surface area contributed by atoms with Crippen molar-refractivity contribution in [1.82, 2.24) is 0 Å². The summed E-state index contributed by atoms with van der Waals surface area (Å²) in [7, 11) is 0. The molecule has 0 aliphatic carbocycles. The van der Waals surface area contributed by atoms with Gasteiger partial charge in [-0.15, -0.1) is 0 Å². The standard InChI is InChI=1S/C16H16F2/c1-9-5-10(2)16(11(3)6-9)13-7-14(17)12(4)15(18)8-13/h5-8H,1-4H3. The molecule has 2 aromatic carbocycles. The first-order valence-corrected chi connectivity index (χ1v) is 5.94. The van der Waals surface area contributed by atoms with Crippen molar-refractivity contribution in [3.8, 4) is 11.1 Å². The second-order valence-electron chi connectivity index (χ2n) is 4.84. The van der Waals surface area contributed by atoms with Gasteiger partial charge in [0.1, 0.15) is 11.6 Å². The third-order valence-electron chi connectivity index (χ3n) is 3.25. The molecule has 0 spiro atoms. The van der Waals surface area contributed by atoms with Crippen molar-refractivity contribution in [2.24, 2.45) is 0 Å². The zero-order valence-electron chi connectivity index (χ0n) is 11.1. The smallest absolute Gasteiger partial charge is 0.129 e. The molecule has 0 aliphatic rings. The van der Waals surface area contributed by atoms with Gasteiger partial charge in [0, 0.05) is 5.56 Å². The molecule has 0 aromatic heterocycles. The molecule has 0 N–H and O–H groups in total. The highest BCUT2D eigenvalue weighted by molar-refractivity contribution is 5.71. The van der Waals surface area contributed by atoms with Gasteiger partial charge in [-0.25, -0.2) is 8.78 Å². The van der Waals surface area contributed by atoms with Crippen molar-refractivity contribution >= 4 is 0 Å². The Morgan fingerprint density at radius 3 is 1.61 bits per heavy atom. The molecule has 18 heavy (non-hydrogen) atoms. The van der Waals surface area contributed by atoms with Crippen LogP contribution in [0.3, 0.4) is 0 Å². The first-order valence-electron chi connectivity index (χ1n) is 5.94. The Morgan fingerprint density at radius 2 is 1.17 bits per heavy atom. The van der Waals surface area contributed by atoms with Gasteiger partial charge < -0.3 is 0 Å². The predicted molar refractivity (Wildman–Crippen MR) is 70.7 cm³/mol. The molecule has 0 saturated heterocycles. The molecule has 0 fully saturated rings. The molecule has 2 rings (SSSR count). The first-order chi connectivity index (χ1) is 8.40. The van der Waals surface area contributed by atoms with Crippen LogP contribution in [0.5, 0.6) is 0 Å². The second-order valence-corrected chi connectivity index (χ2v) is 4.84. The van der Waals surface area contributed by atoms with Crippen LogP contribution in [-0.4, -0.2) is 0 Å². The van der Waals surface area contributed by atoms with E-state index in [4.69, 9.17) is 0 Å². The Labute approximate surface area is 106 Å². The summed E-state index contributed by atoms with van der Waals surface area (Å²) in [6.07, 6.45) is 0. The highest BCUT2D eigenvalue weighted by Gasteiger charge is 2.12. The van der Waals surface area contributed by atoms with Crippen molar-refractivity contribution in [2.75, 3.05) is 0 Å². The van der Waals surface area contributed by atoms with Crippen molar-refractivity contribution in [3.05, 3.63) is 58.2 Å². The lowest BCUT2D eigenvalue weighted by atomic mass is 9.93. The zero-order chi connectivity index (χ0) is 13.4. The van der Waals surface area contributed by atoms with Gasteiger partial charge in [0.05, 0.1) is 0 Å². The monoisotopic (exact) mass is 246 g/mol. The van der Waals surface area contributed by atoms with Crippen molar-refractivity contribution in [3.63, 3.8) is 0 Å². The van der Waals surface area contributed by atoms with Gasteiger partial charge in [-0.1, -0.05) is 17.7 Å². The van der Waals surface area contributed by atoms with Gasteiger partial charge in [0.25, 0.3) is 0 Å². The van der Waals surface area contributed by atoms with Crippen LogP contribution in [0.1, 0.15) is 22.3 Å². The lowest BCUT2D eigenvalue weighted by molar-refractivity contribution is 0.569. The summed E-state index contributed by atoms with van der Waals surface area (Å²) >= 11 is 0. The highest BCUT2D eigenvalue weighted by atomic mass is 19.1. The molecule has 0 radical (unpaired) electrons. The fourth-order valence-electron chi connectivity index (χ4n) is 2.43. The number of hydrogen-bond donors (Lipinski definition) is 0. The zero-order valence-corrected chi connectivity index (χ0v) is 11.1. The Morgan fingerprint density at radius 1 is 0.722 bits per heavy atom. The molecular weight excluding hydrogens is 230 g/mol. The summed E-state index contributed by atoms with van der Waals surface area (Å²) in [5.41, 5.74) is 4.82. The number of hydrogen-bond acceptors (Lipinski definition) is 0. The fraction of sp³-hybridized carbons (Fsp3) is 0.250. The van der Waals surface area contributed by atoms with Crippen LogP contribution in [0.15, 0.2) is 24.3 Å². The molecule has 0 atom stereocenters. The van der Waals surface area contributed by atoms with Crippen molar-refractivity contribution in [1.29, 1.82) is 0 Å². The van der Waals surface area contributed by atoms with Crippen LogP contribution < -0.4 is 0 Å². The quantitative estimate of drug-likeness (QED) is 0.673. The van der Waals surface area contributed by atoms with E-state index in [0.29, 0.717) is 5.56 Å². The predicted octanol–water partition coefficient (Wildman–Crippen LogP) is 4.87. The molecule has 94 valence electrons. The van der Waals surface area contributed by atoms with E-state index in [2.05, 4.69) is 0 Å². The molecule has 0 bridgehead atoms. The van der Waals surface area contributed by atoms with Gasteiger partial charge in [-0.3, -0.25) is 0 Å². The van der Waals surface area contributed by atoms with Crippen LogP contribution in [-0.2, 0) is 0 Å². The van der Waals surface area contributed by atoms with Gasteiger partial charge in [-0.05, 0) is 62.1 Å². The number of rotatable bonds is 1. The maximum atomic E-state index is 13.6. The van der Waals surface area contributed by atoms with Crippen LogP contribution in [0.4, 0.5) is 8.78 Å². The molecule has 0 saturated carbocycles. The van der Waals surface area contributed by atoms with Crippen LogP contribution >= 0.6 is 0 Å². The maximum absolute atomic E-state index is 13.6. The molecule has 0 nitrogen and oxygen atoms in total. The average molecular weight is 246 g/mol. The molecule has 2 heteroatoms. The van der Waals surface area contributed by atoms with Gasteiger partial charge in [0.15, 0.2) is 0 Å². The van der Waals surface area contributed by atoms with Crippen LogP contribution in [0, 0.1) is 39.3 Å². The Balaban J connectivity index is 2.70. The molecule has 0 aliphatic heterocycles. The summed E-state index contributed by atoms with van der Waals surface area (Å²) in [6.45, 7) is 7.39. The Kier molecular flexibility index (Phi) is 3.20. The highest BCUT2D eigenvalue weighted by Crippen LogP contribution is 2.30. The van der Waals surface area contributed by atoms with Gasteiger partial charge in [0.2, 0.25) is 0 Å². The SMILES string of the molecule is Cc1cc(C)c(-c2cc(F)c(C)c(F)c2)c(C)c1. The molecule has 0 amide bonds. The minimum Gasteiger partial charge on any atom is -0.207 e. The van der Waals surface area contributed by atoms with E-state index < -0.39 is 11.6 Å². The third-order valence-corrected chi connectivity index (χ3v) is 3.25. The fourth-order valence-corrected chi connectivity index (χ4v) is 2.43. The van der Waals surface area contributed by atoms with E-state index in [1.165, 1.54) is 19.1 Å². The normalized spacial score (nSPS) is 10.8. The van der Waals surface area contributed by atoms with E-state index in [1.54, 1.807) is 0 Å². The summed E-state index contributed by atoms with van der Waals surface area (Å²) in [5, 5.41) is 0.